The Morgan fingerprint density at radius 3 is 2.89 bits per heavy atom. The van der Waals surface area contributed by atoms with Crippen molar-refractivity contribution in [3.63, 3.8) is 0 Å². The zero-order valence-electron chi connectivity index (χ0n) is 11.3. The van der Waals surface area contributed by atoms with Gasteiger partial charge in [-0.25, -0.2) is 0 Å². The number of nitrogens with one attached hydrogen (secondary N) is 1. The fraction of sp³-hybridized carbons (Fsp3) is 0.400. The zero-order valence-corrected chi connectivity index (χ0v) is 11.3. The molecule has 1 aromatic rings. The van der Waals surface area contributed by atoms with E-state index in [2.05, 4.69) is 17.2 Å². The minimum atomic E-state index is -0.802. The summed E-state index contributed by atoms with van der Waals surface area (Å²) in [6.07, 6.45) is 0.618. The predicted octanol–water partition coefficient (Wildman–Crippen LogP) is 2.73. The van der Waals surface area contributed by atoms with E-state index in [1.807, 2.05) is 25.1 Å². The van der Waals surface area contributed by atoms with Crippen LogP contribution in [0.3, 0.4) is 0 Å². The number of carboxylic acids is 1. The highest BCUT2D eigenvalue weighted by atomic mass is 16.5. The molecule has 0 heterocycles. The molecule has 0 fully saturated rings. The van der Waals surface area contributed by atoms with Gasteiger partial charge in [-0.1, -0.05) is 5.92 Å². The summed E-state index contributed by atoms with van der Waals surface area (Å²) in [7, 11) is 0. The van der Waals surface area contributed by atoms with Crippen LogP contribution >= 0.6 is 0 Å². The quantitative estimate of drug-likeness (QED) is 0.585. The number of benzene rings is 1. The third kappa shape index (κ3) is 5.35. The average molecular weight is 261 g/mol. The van der Waals surface area contributed by atoms with E-state index in [0.29, 0.717) is 13.0 Å². The first kappa shape index (κ1) is 14.9. The van der Waals surface area contributed by atoms with Crippen LogP contribution in [0.25, 0.3) is 0 Å². The van der Waals surface area contributed by atoms with Crippen molar-refractivity contribution in [1.29, 1.82) is 0 Å². The van der Waals surface area contributed by atoms with Crippen LogP contribution in [0.5, 0.6) is 5.75 Å². The number of ether oxygens (including phenoxy) is 1. The molecular formula is C15H19NO3. The highest BCUT2D eigenvalue weighted by molar-refractivity contribution is 5.66. The van der Waals surface area contributed by atoms with Crippen LogP contribution in [0.15, 0.2) is 18.2 Å². The van der Waals surface area contributed by atoms with Gasteiger partial charge in [-0.2, -0.15) is 0 Å². The van der Waals surface area contributed by atoms with Gasteiger partial charge in [0.1, 0.15) is 5.75 Å². The lowest BCUT2D eigenvalue weighted by Gasteiger charge is -2.12. The average Bonchev–Trinajstić information content (AvgIpc) is 2.37. The second-order valence-corrected chi connectivity index (χ2v) is 3.96. The van der Waals surface area contributed by atoms with Gasteiger partial charge < -0.3 is 15.2 Å². The lowest BCUT2D eigenvalue weighted by Crippen LogP contribution is -2.05. The molecule has 0 aliphatic rings. The maximum atomic E-state index is 10.4. The van der Waals surface area contributed by atoms with E-state index < -0.39 is 5.97 Å². The van der Waals surface area contributed by atoms with Gasteiger partial charge in [0.15, 0.2) is 0 Å². The van der Waals surface area contributed by atoms with Gasteiger partial charge >= 0.3 is 5.97 Å². The number of anilines is 1. The smallest absolute Gasteiger partial charge is 0.303 e. The Labute approximate surface area is 113 Å². The Hall–Kier alpha value is -2.15. The van der Waals surface area contributed by atoms with Crippen molar-refractivity contribution in [2.75, 3.05) is 18.5 Å². The van der Waals surface area contributed by atoms with Gasteiger partial charge in [0.05, 0.1) is 12.3 Å². The predicted molar refractivity (Wildman–Crippen MR) is 75.5 cm³/mol. The summed E-state index contributed by atoms with van der Waals surface area (Å²) < 4.78 is 5.60. The van der Waals surface area contributed by atoms with Gasteiger partial charge in [0, 0.05) is 18.5 Å². The molecule has 102 valence electrons. The SMILES string of the molecule is CC#Cc1ccc(OCCCC(=O)O)c(NCC)c1. The molecule has 0 radical (unpaired) electrons. The first-order valence-electron chi connectivity index (χ1n) is 6.32. The fourth-order valence-electron chi connectivity index (χ4n) is 1.61. The molecule has 0 saturated carbocycles. The van der Waals surface area contributed by atoms with Crippen molar-refractivity contribution in [2.45, 2.75) is 26.7 Å². The molecule has 0 amide bonds. The van der Waals surface area contributed by atoms with E-state index in [0.717, 1.165) is 23.5 Å². The van der Waals surface area contributed by atoms with Crippen LogP contribution in [0.4, 0.5) is 5.69 Å². The van der Waals surface area contributed by atoms with E-state index in [1.54, 1.807) is 6.92 Å². The first-order chi connectivity index (χ1) is 9.17. The Kier molecular flexibility index (Phi) is 6.31. The highest BCUT2D eigenvalue weighted by Gasteiger charge is 2.04. The Morgan fingerprint density at radius 1 is 1.47 bits per heavy atom. The number of carboxylic acid groups (broad SMARTS) is 1. The summed E-state index contributed by atoms with van der Waals surface area (Å²) in [6, 6.07) is 5.69. The fourth-order valence-corrected chi connectivity index (χ4v) is 1.61. The minimum absolute atomic E-state index is 0.121. The van der Waals surface area contributed by atoms with Crippen LogP contribution in [0.1, 0.15) is 32.3 Å². The summed E-state index contributed by atoms with van der Waals surface area (Å²) in [5, 5.41) is 11.8. The monoisotopic (exact) mass is 261 g/mol. The molecule has 0 aliphatic carbocycles. The molecule has 0 unspecified atom stereocenters. The minimum Gasteiger partial charge on any atom is -0.491 e. The summed E-state index contributed by atoms with van der Waals surface area (Å²) in [5.74, 6) is 5.77. The maximum Gasteiger partial charge on any atom is 0.303 e. The van der Waals surface area contributed by atoms with Crippen LogP contribution in [-0.4, -0.2) is 24.2 Å². The zero-order chi connectivity index (χ0) is 14.1. The standard InChI is InChI=1S/C15H19NO3/c1-3-6-12-8-9-14(13(11-12)16-4-2)19-10-5-7-15(17)18/h8-9,11,16H,4-5,7,10H2,1-2H3,(H,17,18). The number of rotatable bonds is 7. The normalized spacial score (nSPS) is 9.37. The molecule has 2 N–H and O–H groups in total. The first-order valence-corrected chi connectivity index (χ1v) is 6.32. The largest absolute Gasteiger partial charge is 0.491 e. The molecule has 0 bridgehead atoms. The molecule has 1 aromatic carbocycles. The maximum absolute atomic E-state index is 10.4. The topological polar surface area (TPSA) is 58.6 Å². The molecule has 19 heavy (non-hydrogen) atoms. The third-order valence-corrected chi connectivity index (χ3v) is 2.41. The van der Waals surface area contributed by atoms with Crippen LogP contribution < -0.4 is 10.1 Å². The van der Waals surface area contributed by atoms with Gasteiger partial charge in [0.2, 0.25) is 0 Å². The Balaban J connectivity index is 2.69. The molecule has 4 heteroatoms. The third-order valence-electron chi connectivity index (χ3n) is 2.41. The van der Waals surface area contributed by atoms with E-state index in [9.17, 15) is 4.79 Å². The molecule has 0 spiro atoms. The lowest BCUT2D eigenvalue weighted by atomic mass is 10.2. The van der Waals surface area contributed by atoms with Crippen molar-refractivity contribution >= 4 is 11.7 Å². The number of aliphatic carboxylic acids is 1. The van der Waals surface area contributed by atoms with E-state index in [4.69, 9.17) is 9.84 Å². The number of hydrogen-bond donors (Lipinski definition) is 2. The molecule has 1 rings (SSSR count). The number of carbonyl (C=O) groups is 1. The second-order valence-electron chi connectivity index (χ2n) is 3.96. The Bertz CT molecular complexity index is 486. The molecule has 0 saturated heterocycles. The van der Waals surface area contributed by atoms with Crippen LogP contribution in [-0.2, 0) is 4.79 Å². The highest BCUT2D eigenvalue weighted by Crippen LogP contribution is 2.25. The van der Waals surface area contributed by atoms with Gasteiger partial charge in [0.25, 0.3) is 0 Å². The second kappa shape index (κ2) is 8.04. The molecule has 4 nitrogen and oxygen atoms in total. The van der Waals surface area contributed by atoms with E-state index >= 15 is 0 Å². The summed E-state index contributed by atoms with van der Waals surface area (Å²) in [6.45, 7) is 4.98. The summed E-state index contributed by atoms with van der Waals surface area (Å²) in [4.78, 5) is 10.4. The van der Waals surface area contributed by atoms with Crippen molar-refractivity contribution in [1.82, 2.24) is 0 Å². The van der Waals surface area contributed by atoms with Gasteiger partial charge in [-0.05, 0) is 38.5 Å². The molecule has 0 aliphatic heterocycles. The summed E-state index contributed by atoms with van der Waals surface area (Å²) >= 11 is 0. The van der Waals surface area contributed by atoms with Crippen molar-refractivity contribution < 1.29 is 14.6 Å². The summed E-state index contributed by atoms with van der Waals surface area (Å²) in [5.41, 5.74) is 1.81. The molecular weight excluding hydrogens is 242 g/mol. The van der Waals surface area contributed by atoms with Crippen molar-refractivity contribution in [3.05, 3.63) is 23.8 Å². The molecule has 0 aromatic heterocycles. The molecule has 0 atom stereocenters. The van der Waals surface area contributed by atoms with E-state index in [-0.39, 0.29) is 6.42 Å². The Morgan fingerprint density at radius 2 is 2.26 bits per heavy atom. The van der Waals surface area contributed by atoms with Gasteiger partial charge in [-0.3, -0.25) is 4.79 Å². The van der Waals surface area contributed by atoms with Gasteiger partial charge in [-0.15, -0.1) is 5.92 Å². The lowest BCUT2D eigenvalue weighted by molar-refractivity contribution is -0.137. The van der Waals surface area contributed by atoms with Crippen molar-refractivity contribution in [2.24, 2.45) is 0 Å². The van der Waals surface area contributed by atoms with Crippen LogP contribution in [0, 0.1) is 11.8 Å². The van der Waals surface area contributed by atoms with Crippen LogP contribution in [0.2, 0.25) is 0 Å². The number of hydrogen-bond acceptors (Lipinski definition) is 3. The van der Waals surface area contributed by atoms with E-state index in [1.165, 1.54) is 0 Å². The van der Waals surface area contributed by atoms with Crippen molar-refractivity contribution in [3.8, 4) is 17.6 Å².